The van der Waals surface area contributed by atoms with Gasteiger partial charge in [-0.25, -0.2) is 9.07 Å². The molecule has 3 rings (SSSR count). The van der Waals surface area contributed by atoms with Gasteiger partial charge in [0.2, 0.25) is 0 Å². The van der Waals surface area contributed by atoms with Crippen molar-refractivity contribution in [3.05, 3.63) is 41.3 Å². The molecule has 2 aromatic rings. The molecule has 138 valence electrons. The number of aliphatic hydroxyl groups is 1. The monoisotopic (exact) mass is 378 g/mol. The second-order valence-electron chi connectivity index (χ2n) is 5.87. The van der Waals surface area contributed by atoms with Crippen LogP contribution in [0.4, 0.5) is 10.2 Å². The van der Waals surface area contributed by atoms with Crippen molar-refractivity contribution in [2.75, 3.05) is 11.9 Å². The average molecular weight is 378 g/mol. The maximum atomic E-state index is 13.2. The first-order valence-electron chi connectivity index (χ1n) is 8.20. The molecular weight excluding hydrogens is 359 g/mol. The molecule has 3 N–H and O–H groups in total. The van der Waals surface area contributed by atoms with Gasteiger partial charge in [-0.3, -0.25) is 9.59 Å². The van der Waals surface area contributed by atoms with Gasteiger partial charge in [0.25, 0.3) is 0 Å². The lowest BCUT2D eigenvalue weighted by molar-refractivity contribution is -0.136. The van der Waals surface area contributed by atoms with Crippen molar-refractivity contribution in [2.24, 2.45) is 0 Å². The number of fused-ring (bicyclic) bond motifs is 1. The average Bonchev–Trinajstić information content (AvgIpc) is 3.22. The second-order valence-corrected chi connectivity index (χ2v) is 6.86. The van der Waals surface area contributed by atoms with Gasteiger partial charge < -0.3 is 15.7 Å². The lowest BCUT2D eigenvalue weighted by atomic mass is 10.2. The fourth-order valence-corrected chi connectivity index (χ4v) is 3.64. The molecule has 7 nitrogen and oxygen atoms in total. The summed E-state index contributed by atoms with van der Waals surface area (Å²) in [6, 6.07) is 5.25. The normalized spacial score (nSPS) is 14.0. The number of carbonyl (C=O) groups excluding carboxylic acids is 2. The molecule has 2 heterocycles. The molecule has 0 bridgehead atoms. The summed E-state index contributed by atoms with van der Waals surface area (Å²) in [5, 5.41) is 18.7. The largest absolute Gasteiger partial charge is 0.394 e. The second kappa shape index (κ2) is 7.88. The molecule has 26 heavy (non-hydrogen) atoms. The Morgan fingerprint density at radius 2 is 2.04 bits per heavy atom. The Hall–Kier alpha value is -2.39. The lowest BCUT2D eigenvalue weighted by Gasteiger charge is -2.14. The molecule has 1 atom stereocenters. The van der Waals surface area contributed by atoms with E-state index in [1.54, 1.807) is 30.8 Å². The van der Waals surface area contributed by atoms with E-state index in [0.29, 0.717) is 29.4 Å². The number of benzene rings is 1. The summed E-state index contributed by atoms with van der Waals surface area (Å²) in [7, 11) is 0. The Bertz CT molecular complexity index is 818. The van der Waals surface area contributed by atoms with Crippen molar-refractivity contribution >= 4 is 29.4 Å². The van der Waals surface area contributed by atoms with Gasteiger partial charge in [0.15, 0.2) is 0 Å². The van der Waals surface area contributed by atoms with E-state index >= 15 is 0 Å². The molecule has 1 aromatic heterocycles. The summed E-state index contributed by atoms with van der Waals surface area (Å²) in [6.45, 7) is 1.56. The summed E-state index contributed by atoms with van der Waals surface area (Å²) in [4.78, 5) is 24.4. The molecule has 0 saturated carbocycles. The van der Waals surface area contributed by atoms with Gasteiger partial charge in [0, 0.05) is 17.1 Å². The molecule has 1 aliphatic rings. The molecular formula is C17H19FN4O3S. The molecule has 0 radical (unpaired) electrons. The van der Waals surface area contributed by atoms with Crippen molar-refractivity contribution in [2.45, 2.75) is 30.9 Å². The van der Waals surface area contributed by atoms with E-state index in [1.165, 1.54) is 16.8 Å². The van der Waals surface area contributed by atoms with Crippen molar-refractivity contribution in [1.29, 1.82) is 0 Å². The fraction of sp³-hybridized carbons (Fsp3) is 0.353. The van der Waals surface area contributed by atoms with Crippen molar-refractivity contribution in [1.82, 2.24) is 15.1 Å². The summed E-state index contributed by atoms with van der Waals surface area (Å²) >= 11 is 1.66. The Morgan fingerprint density at radius 1 is 1.31 bits per heavy atom. The number of rotatable bonds is 5. The molecule has 0 fully saturated rings. The Kier molecular flexibility index (Phi) is 5.58. The van der Waals surface area contributed by atoms with E-state index < -0.39 is 17.9 Å². The van der Waals surface area contributed by atoms with Crippen molar-refractivity contribution in [3.63, 3.8) is 0 Å². The van der Waals surface area contributed by atoms with Crippen LogP contribution in [0.25, 0.3) is 5.69 Å². The minimum Gasteiger partial charge on any atom is -0.394 e. The van der Waals surface area contributed by atoms with Gasteiger partial charge in [-0.2, -0.15) is 16.9 Å². The van der Waals surface area contributed by atoms with E-state index in [4.69, 9.17) is 5.11 Å². The highest BCUT2D eigenvalue weighted by molar-refractivity contribution is 7.98. The van der Waals surface area contributed by atoms with E-state index in [9.17, 15) is 14.0 Å². The highest BCUT2D eigenvalue weighted by atomic mass is 32.2. The predicted molar refractivity (Wildman–Crippen MR) is 96.5 cm³/mol. The molecule has 9 heteroatoms. The summed E-state index contributed by atoms with van der Waals surface area (Å²) in [5.41, 5.74) is 2.27. The fourth-order valence-electron chi connectivity index (χ4n) is 2.60. The van der Waals surface area contributed by atoms with Crippen LogP contribution in [0.1, 0.15) is 24.6 Å². The van der Waals surface area contributed by atoms with E-state index in [0.717, 1.165) is 11.3 Å². The number of amides is 2. The van der Waals surface area contributed by atoms with Crippen molar-refractivity contribution in [3.8, 4) is 5.69 Å². The Balaban J connectivity index is 1.86. The number of aliphatic hydroxyl groups excluding tert-OH is 1. The Morgan fingerprint density at radius 3 is 2.69 bits per heavy atom. The smallest absolute Gasteiger partial charge is 0.314 e. The quantitative estimate of drug-likeness (QED) is 0.687. The molecule has 0 spiro atoms. The third kappa shape index (κ3) is 3.73. The first-order chi connectivity index (χ1) is 12.5. The highest BCUT2D eigenvalue weighted by Gasteiger charge is 2.27. The minimum absolute atomic E-state index is 0.241. The van der Waals surface area contributed by atoms with Crippen LogP contribution in [0.5, 0.6) is 0 Å². The highest BCUT2D eigenvalue weighted by Crippen LogP contribution is 2.36. The van der Waals surface area contributed by atoms with E-state index in [-0.39, 0.29) is 12.4 Å². The maximum Gasteiger partial charge on any atom is 0.314 e. The van der Waals surface area contributed by atoms with Crippen LogP contribution >= 0.6 is 11.8 Å². The summed E-state index contributed by atoms with van der Waals surface area (Å²) < 4.78 is 14.7. The van der Waals surface area contributed by atoms with E-state index in [1.807, 2.05) is 0 Å². The van der Waals surface area contributed by atoms with Crippen LogP contribution in [0.2, 0.25) is 0 Å². The van der Waals surface area contributed by atoms with Gasteiger partial charge in [0.1, 0.15) is 11.6 Å². The van der Waals surface area contributed by atoms with Gasteiger partial charge >= 0.3 is 11.8 Å². The third-order valence-corrected chi connectivity index (χ3v) is 5.08. The zero-order valence-corrected chi connectivity index (χ0v) is 15.0. The van der Waals surface area contributed by atoms with Gasteiger partial charge in [-0.1, -0.05) is 6.92 Å². The lowest BCUT2D eigenvalue weighted by Crippen LogP contribution is -2.43. The maximum absolute atomic E-state index is 13.2. The first kappa shape index (κ1) is 18.4. The summed E-state index contributed by atoms with van der Waals surface area (Å²) in [5.74, 6) is -0.238. The molecule has 1 aliphatic heterocycles. The van der Waals surface area contributed by atoms with Crippen LogP contribution in [0.3, 0.4) is 0 Å². The van der Waals surface area contributed by atoms with E-state index in [2.05, 4.69) is 15.7 Å². The molecule has 1 aromatic carbocycles. The van der Waals surface area contributed by atoms with Crippen LogP contribution in [-0.2, 0) is 21.1 Å². The van der Waals surface area contributed by atoms with Gasteiger partial charge in [-0.15, -0.1) is 0 Å². The SMILES string of the molecule is CC[C@@H](CO)NC(=O)C(=O)Nc1c2c(nn1-c1ccc(F)cc1)CSC2. The van der Waals surface area contributed by atoms with Gasteiger partial charge in [-0.05, 0) is 30.7 Å². The summed E-state index contributed by atoms with van der Waals surface area (Å²) in [6.07, 6.45) is 0.509. The number of hydrogen-bond acceptors (Lipinski definition) is 5. The molecule has 2 amide bonds. The van der Waals surface area contributed by atoms with Gasteiger partial charge in [0.05, 0.1) is 24.0 Å². The number of anilines is 1. The van der Waals surface area contributed by atoms with Crippen LogP contribution in [0, 0.1) is 5.82 Å². The number of nitrogens with zero attached hydrogens (tertiary/aromatic N) is 2. The zero-order chi connectivity index (χ0) is 18.7. The molecule has 0 aliphatic carbocycles. The van der Waals surface area contributed by atoms with Crippen LogP contribution in [0.15, 0.2) is 24.3 Å². The number of aromatic nitrogens is 2. The van der Waals surface area contributed by atoms with Crippen LogP contribution in [-0.4, -0.2) is 39.4 Å². The number of nitrogens with one attached hydrogen (secondary N) is 2. The number of thioether (sulfide) groups is 1. The van der Waals surface area contributed by atoms with Crippen molar-refractivity contribution < 1.29 is 19.1 Å². The first-order valence-corrected chi connectivity index (χ1v) is 9.36. The molecule has 0 saturated heterocycles. The number of hydrogen-bond donors (Lipinski definition) is 3. The Labute approximate surface area is 154 Å². The molecule has 0 unspecified atom stereocenters. The number of halogens is 1. The number of carbonyl (C=O) groups is 2. The van der Waals surface area contributed by atoms with Crippen LogP contribution < -0.4 is 10.6 Å². The topological polar surface area (TPSA) is 96.2 Å². The predicted octanol–water partition coefficient (Wildman–Crippen LogP) is 1.58. The standard InChI is InChI=1S/C17H19FN4O3S/c1-2-11(7-23)19-16(24)17(25)20-15-13-8-26-9-14(13)21-22(15)12-5-3-10(18)4-6-12/h3-6,11,23H,2,7-9H2,1H3,(H,19,24)(H,20,25)/t11-/m0/s1. The zero-order valence-electron chi connectivity index (χ0n) is 14.2. The minimum atomic E-state index is -0.833. The third-order valence-electron chi connectivity index (χ3n) is 4.11.